The van der Waals surface area contributed by atoms with E-state index in [9.17, 15) is 0 Å². The van der Waals surface area contributed by atoms with E-state index in [4.69, 9.17) is 10.5 Å². The molecule has 0 fully saturated rings. The minimum Gasteiger partial charge on any atom is -0.460 e. The molecule has 0 saturated heterocycles. The highest BCUT2D eigenvalue weighted by molar-refractivity contribution is 9.10. The summed E-state index contributed by atoms with van der Waals surface area (Å²) in [5.74, 6) is 0. The van der Waals surface area contributed by atoms with Gasteiger partial charge in [-0.15, -0.1) is 0 Å². The second-order valence-corrected chi connectivity index (χ2v) is 5.40. The Hall–Kier alpha value is -1.03. The zero-order valence-corrected chi connectivity index (χ0v) is 10.6. The van der Waals surface area contributed by atoms with Crippen LogP contribution in [0, 0.1) is 0 Å². The molecule has 0 amide bonds. The average Bonchev–Trinajstić information content (AvgIpc) is 2.70. The van der Waals surface area contributed by atoms with E-state index in [2.05, 4.69) is 39.1 Å². The maximum absolute atomic E-state index is 5.67. The third-order valence-electron chi connectivity index (χ3n) is 3.58. The normalized spacial score (nSPS) is 31.4. The number of rotatable bonds is 0. The van der Waals surface area contributed by atoms with Crippen molar-refractivity contribution < 1.29 is 4.74 Å². The van der Waals surface area contributed by atoms with Crippen LogP contribution < -0.4 is 5.73 Å². The van der Waals surface area contributed by atoms with Crippen LogP contribution in [0.3, 0.4) is 0 Å². The minimum absolute atomic E-state index is 0.0619. The number of hydrogen-bond acceptors (Lipinski definition) is 3. The van der Waals surface area contributed by atoms with Crippen LogP contribution in [0.2, 0.25) is 0 Å². The molecule has 1 spiro atoms. The predicted octanol–water partition coefficient (Wildman–Crippen LogP) is 2.02. The summed E-state index contributed by atoms with van der Waals surface area (Å²) < 4.78 is 6.64. The van der Waals surface area contributed by atoms with E-state index < -0.39 is 0 Å². The summed E-state index contributed by atoms with van der Waals surface area (Å²) in [4.78, 5) is 4.51. The lowest BCUT2D eigenvalue weighted by Crippen LogP contribution is -2.36. The maximum Gasteiger partial charge on any atom is 0.282 e. The second kappa shape index (κ2) is 3.23. The first-order valence-corrected chi connectivity index (χ1v) is 6.18. The summed E-state index contributed by atoms with van der Waals surface area (Å²) in [5.41, 5.74) is 8.19. The van der Waals surface area contributed by atoms with E-state index in [0.717, 1.165) is 17.3 Å². The third kappa shape index (κ3) is 1.29. The van der Waals surface area contributed by atoms with E-state index in [0.29, 0.717) is 6.02 Å². The third-order valence-corrected chi connectivity index (χ3v) is 4.33. The number of halogens is 1. The molecule has 2 N–H and O–H groups in total. The highest BCUT2D eigenvalue weighted by Gasteiger charge is 2.47. The topological polar surface area (TPSA) is 47.6 Å². The summed E-state index contributed by atoms with van der Waals surface area (Å²) in [6.45, 7) is 2.04. The van der Waals surface area contributed by atoms with Crippen LogP contribution in [0.25, 0.3) is 0 Å². The minimum atomic E-state index is -0.170. The zero-order valence-electron chi connectivity index (χ0n) is 9.03. The molecule has 0 radical (unpaired) electrons. The molecule has 4 heteroatoms. The number of fused-ring (bicyclic) bond motifs is 1. The van der Waals surface area contributed by atoms with Crippen LogP contribution in [0.1, 0.15) is 18.1 Å². The summed E-state index contributed by atoms with van der Waals surface area (Å²) in [5, 5.41) is 0. The van der Waals surface area contributed by atoms with Gasteiger partial charge < -0.3 is 10.5 Å². The average molecular weight is 281 g/mol. The molecule has 2 aliphatic rings. The molecule has 84 valence electrons. The van der Waals surface area contributed by atoms with E-state index >= 15 is 0 Å². The highest BCUT2D eigenvalue weighted by atomic mass is 79.9. The van der Waals surface area contributed by atoms with Gasteiger partial charge in [-0.05, 0) is 24.1 Å². The van der Waals surface area contributed by atoms with Gasteiger partial charge in [-0.1, -0.05) is 28.1 Å². The standard InChI is InChI=1S/C12H13BrN2O/c1-7-12(15-11(14)16-7)5-8-3-2-4-10(13)9(8)6-12/h2-4,7H,5-6H2,1H3,(H2,14,15)/t7-,12-/m1/s1. The van der Waals surface area contributed by atoms with Gasteiger partial charge in [0, 0.05) is 17.3 Å². The Morgan fingerprint density at radius 1 is 1.50 bits per heavy atom. The van der Waals surface area contributed by atoms with Gasteiger partial charge >= 0.3 is 0 Å². The summed E-state index contributed by atoms with van der Waals surface area (Å²) in [6, 6.07) is 6.63. The first-order valence-electron chi connectivity index (χ1n) is 5.39. The van der Waals surface area contributed by atoms with E-state index in [1.54, 1.807) is 0 Å². The van der Waals surface area contributed by atoms with Crippen molar-refractivity contribution in [3.05, 3.63) is 33.8 Å². The molecular formula is C12H13BrN2O. The SMILES string of the molecule is C[C@H]1OC(N)=N[C@@]12Cc1cccc(Br)c1C2. The molecule has 3 nitrogen and oxygen atoms in total. The van der Waals surface area contributed by atoms with Crippen molar-refractivity contribution >= 4 is 22.0 Å². The van der Waals surface area contributed by atoms with Gasteiger partial charge in [-0.2, -0.15) is 0 Å². The molecule has 1 aromatic rings. The largest absolute Gasteiger partial charge is 0.460 e. The Morgan fingerprint density at radius 3 is 2.94 bits per heavy atom. The number of aliphatic imine (C=N–C) groups is 1. The molecule has 1 aliphatic carbocycles. The lowest BCUT2D eigenvalue weighted by atomic mass is 9.91. The van der Waals surface area contributed by atoms with Crippen LogP contribution in [-0.2, 0) is 17.6 Å². The first-order chi connectivity index (χ1) is 7.61. The lowest BCUT2D eigenvalue weighted by Gasteiger charge is -2.23. The van der Waals surface area contributed by atoms with Crippen LogP contribution in [-0.4, -0.2) is 17.7 Å². The van der Waals surface area contributed by atoms with E-state index in [1.807, 2.05) is 6.92 Å². The van der Waals surface area contributed by atoms with Crippen molar-refractivity contribution in [2.45, 2.75) is 31.4 Å². The zero-order chi connectivity index (χ0) is 11.3. The summed E-state index contributed by atoms with van der Waals surface area (Å²) >= 11 is 3.59. The van der Waals surface area contributed by atoms with Crippen molar-refractivity contribution in [3.63, 3.8) is 0 Å². The Kier molecular flexibility index (Phi) is 2.05. The number of ether oxygens (including phenoxy) is 1. The fourth-order valence-electron chi connectivity index (χ4n) is 2.66. The van der Waals surface area contributed by atoms with Crippen molar-refractivity contribution in [2.75, 3.05) is 0 Å². The lowest BCUT2D eigenvalue weighted by molar-refractivity contribution is 0.157. The van der Waals surface area contributed by atoms with Crippen LogP contribution in [0.4, 0.5) is 0 Å². The van der Waals surface area contributed by atoms with Gasteiger partial charge in [0.05, 0.1) is 0 Å². The first kappa shape index (κ1) is 10.1. The van der Waals surface area contributed by atoms with Crippen molar-refractivity contribution in [1.82, 2.24) is 0 Å². The molecule has 1 aromatic carbocycles. The van der Waals surface area contributed by atoms with Gasteiger partial charge in [-0.3, -0.25) is 0 Å². The number of nitrogens with zero attached hydrogens (tertiary/aromatic N) is 1. The number of amidine groups is 1. The Balaban J connectivity index is 2.05. The van der Waals surface area contributed by atoms with E-state index in [1.165, 1.54) is 11.1 Å². The number of benzene rings is 1. The molecule has 1 aliphatic heterocycles. The second-order valence-electron chi connectivity index (χ2n) is 4.54. The fraction of sp³-hybridized carbons (Fsp3) is 0.417. The van der Waals surface area contributed by atoms with Crippen molar-refractivity contribution in [2.24, 2.45) is 10.7 Å². The highest BCUT2D eigenvalue weighted by Crippen LogP contribution is 2.41. The molecule has 0 aromatic heterocycles. The molecule has 0 unspecified atom stereocenters. The van der Waals surface area contributed by atoms with Gasteiger partial charge in [0.15, 0.2) is 0 Å². The van der Waals surface area contributed by atoms with Gasteiger partial charge in [-0.25, -0.2) is 4.99 Å². The van der Waals surface area contributed by atoms with Crippen molar-refractivity contribution in [1.29, 1.82) is 0 Å². The quantitative estimate of drug-likeness (QED) is 0.791. The van der Waals surface area contributed by atoms with Gasteiger partial charge in [0.1, 0.15) is 11.6 Å². The molecule has 2 atom stereocenters. The summed E-state index contributed by atoms with van der Waals surface area (Å²) in [7, 11) is 0. The summed E-state index contributed by atoms with van der Waals surface area (Å²) in [6.07, 6.45) is 1.89. The molecule has 1 heterocycles. The molecule has 16 heavy (non-hydrogen) atoms. The fourth-order valence-corrected chi connectivity index (χ4v) is 3.21. The van der Waals surface area contributed by atoms with Crippen LogP contribution in [0.15, 0.2) is 27.7 Å². The monoisotopic (exact) mass is 280 g/mol. The molecule has 3 rings (SSSR count). The number of nitrogens with two attached hydrogens (primary N) is 1. The van der Waals surface area contributed by atoms with Gasteiger partial charge in [0.2, 0.25) is 0 Å². The Labute approximate surface area is 103 Å². The van der Waals surface area contributed by atoms with Crippen LogP contribution >= 0.6 is 15.9 Å². The molecular weight excluding hydrogens is 268 g/mol. The van der Waals surface area contributed by atoms with Gasteiger partial charge in [0.25, 0.3) is 6.02 Å². The molecule has 0 saturated carbocycles. The Morgan fingerprint density at radius 2 is 2.31 bits per heavy atom. The Bertz CT molecular complexity index is 486. The van der Waals surface area contributed by atoms with Crippen LogP contribution in [0.5, 0.6) is 0 Å². The molecule has 0 bridgehead atoms. The predicted molar refractivity (Wildman–Crippen MR) is 66.5 cm³/mol. The smallest absolute Gasteiger partial charge is 0.282 e. The maximum atomic E-state index is 5.67. The van der Waals surface area contributed by atoms with E-state index in [-0.39, 0.29) is 11.6 Å². The number of hydrogen-bond donors (Lipinski definition) is 1. The van der Waals surface area contributed by atoms with Crippen molar-refractivity contribution in [3.8, 4) is 0 Å².